The van der Waals surface area contributed by atoms with Gasteiger partial charge in [0, 0.05) is 17.4 Å². The summed E-state index contributed by atoms with van der Waals surface area (Å²) < 4.78 is 43.9. The Kier molecular flexibility index (Phi) is 7.44. The van der Waals surface area contributed by atoms with E-state index >= 15 is 0 Å². The van der Waals surface area contributed by atoms with Gasteiger partial charge >= 0.3 is 0 Å². The lowest BCUT2D eigenvalue weighted by Crippen LogP contribution is -2.20. The van der Waals surface area contributed by atoms with E-state index in [9.17, 15) is 13.2 Å². The van der Waals surface area contributed by atoms with E-state index in [0.29, 0.717) is 34.2 Å². The van der Waals surface area contributed by atoms with Crippen LogP contribution in [0.2, 0.25) is 0 Å². The number of carbonyl (C=O) groups excluding carboxylic acids is 1. The highest BCUT2D eigenvalue weighted by Gasteiger charge is 2.16. The standard InChI is InChI=1S/C24H26N2O6S/c1-16-5-7-18(8-6-16)26-33(28,29)20-10-12-21(17(2)13-20)32-15-24(27)25-19-9-11-22(30-3)23(14-19)31-4/h5-14,26H,15H2,1-4H3,(H,25,27). The summed E-state index contributed by atoms with van der Waals surface area (Å²) in [5.74, 6) is 1.07. The lowest BCUT2D eigenvalue weighted by Gasteiger charge is -2.13. The van der Waals surface area contributed by atoms with Crippen LogP contribution in [0.3, 0.4) is 0 Å². The van der Waals surface area contributed by atoms with Gasteiger partial charge in [-0.15, -0.1) is 0 Å². The number of benzene rings is 3. The van der Waals surface area contributed by atoms with Crippen LogP contribution in [-0.4, -0.2) is 35.2 Å². The molecule has 0 aliphatic rings. The van der Waals surface area contributed by atoms with Crippen molar-refractivity contribution in [3.05, 3.63) is 71.8 Å². The largest absolute Gasteiger partial charge is 0.493 e. The average Bonchev–Trinajstić information content (AvgIpc) is 2.79. The van der Waals surface area contributed by atoms with Crippen molar-refractivity contribution >= 4 is 27.3 Å². The lowest BCUT2D eigenvalue weighted by molar-refractivity contribution is -0.118. The molecule has 3 aromatic carbocycles. The molecule has 3 aromatic rings. The summed E-state index contributed by atoms with van der Waals surface area (Å²) >= 11 is 0. The summed E-state index contributed by atoms with van der Waals surface area (Å²) in [4.78, 5) is 12.4. The molecule has 0 spiro atoms. The van der Waals surface area contributed by atoms with Crippen molar-refractivity contribution in [3.63, 3.8) is 0 Å². The first-order valence-electron chi connectivity index (χ1n) is 10.1. The van der Waals surface area contributed by atoms with Crippen molar-refractivity contribution < 1.29 is 27.4 Å². The van der Waals surface area contributed by atoms with Crippen molar-refractivity contribution in [3.8, 4) is 17.2 Å². The zero-order valence-corrected chi connectivity index (χ0v) is 19.7. The molecule has 0 aliphatic carbocycles. The molecule has 8 nitrogen and oxygen atoms in total. The Morgan fingerprint density at radius 2 is 1.45 bits per heavy atom. The van der Waals surface area contributed by atoms with Crippen molar-refractivity contribution in [1.82, 2.24) is 0 Å². The highest BCUT2D eigenvalue weighted by Crippen LogP contribution is 2.30. The lowest BCUT2D eigenvalue weighted by atomic mass is 10.2. The molecule has 9 heteroatoms. The predicted octanol–water partition coefficient (Wildman–Crippen LogP) is 4.14. The Hall–Kier alpha value is -3.72. The Balaban J connectivity index is 1.63. The zero-order chi connectivity index (χ0) is 24.0. The van der Waals surface area contributed by atoms with E-state index in [2.05, 4.69) is 10.0 Å². The number of amides is 1. The van der Waals surface area contributed by atoms with Crippen molar-refractivity contribution in [2.45, 2.75) is 18.7 Å². The van der Waals surface area contributed by atoms with Crippen molar-refractivity contribution in [1.29, 1.82) is 0 Å². The van der Waals surface area contributed by atoms with E-state index in [0.717, 1.165) is 5.56 Å². The van der Waals surface area contributed by atoms with Gasteiger partial charge in [0.2, 0.25) is 0 Å². The number of rotatable bonds is 9. The minimum Gasteiger partial charge on any atom is -0.493 e. The van der Waals surface area contributed by atoms with E-state index in [-0.39, 0.29) is 17.4 Å². The molecular formula is C24H26N2O6S. The van der Waals surface area contributed by atoms with Gasteiger partial charge in [0.05, 0.1) is 19.1 Å². The smallest absolute Gasteiger partial charge is 0.262 e. The van der Waals surface area contributed by atoms with E-state index in [1.165, 1.54) is 32.4 Å². The first-order chi connectivity index (χ1) is 15.7. The molecule has 0 radical (unpaired) electrons. The highest BCUT2D eigenvalue weighted by molar-refractivity contribution is 7.92. The molecule has 2 N–H and O–H groups in total. The average molecular weight is 471 g/mol. The Bertz CT molecular complexity index is 1240. The molecular weight excluding hydrogens is 444 g/mol. The minimum absolute atomic E-state index is 0.0997. The topological polar surface area (TPSA) is 103 Å². The number of ether oxygens (including phenoxy) is 3. The van der Waals surface area contributed by atoms with Crippen LogP contribution in [0.25, 0.3) is 0 Å². The molecule has 3 rings (SSSR count). The van der Waals surface area contributed by atoms with Gasteiger partial charge in [-0.3, -0.25) is 9.52 Å². The fourth-order valence-electron chi connectivity index (χ4n) is 3.04. The SMILES string of the molecule is COc1ccc(NC(=O)COc2ccc(S(=O)(=O)Nc3ccc(C)cc3)cc2C)cc1OC. The minimum atomic E-state index is -3.76. The van der Waals surface area contributed by atoms with Gasteiger partial charge in [-0.2, -0.15) is 0 Å². The normalized spacial score (nSPS) is 10.9. The Morgan fingerprint density at radius 1 is 0.818 bits per heavy atom. The second-order valence-corrected chi connectivity index (χ2v) is 8.99. The van der Waals surface area contributed by atoms with Crippen LogP contribution in [0.5, 0.6) is 17.2 Å². The van der Waals surface area contributed by atoms with Crippen LogP contribution < -0.4 is 24.2 Å². The number of methoxy groups -OCH3 is 2. The van der Waals surface area contributed by atoms with E-state index < -0.39 is 10.0 Å². The third kappa shape index (κ3) is 6.17. The summed E-state index contributed by atoms with van der Waals surface area (Å²) in [6.45, 7) is 3.39. The van der Waals surface area contributed by atoms with Gasteiger partial charge in [0.25, 0.3) is 15.9 Å². The van der Waals surface area contributed by atoms with Crippen LogP contribution in [-0.2, 0) is 14.8 Å². The number of nitrogens with one attached hydrogen (secondary N) is 2. The van der Waals surface area contributed by atoms with Crippen LogP contribution in [0.1, 0.15) is 11.1 Å². The quantitative estimate of drug-likeness (QED) is 0.487. The van der Waals surface area contributed by atoms with Gasteiger partial charge in [0.1, 0.15) is 5.75 Å². The summed E-state index contributed by atoms with van der Waals surface area (Å²) in [6, 6.07) is 16.5. The van der Waals surface area contributed by atoms with Crippen molar-refractivity contribution in [2.24, 2.45) is 0 Å². The zero-order valence-electron chi connectivity index (χ0n) is 18.8. The van der Waals surface area contributed by atoms with Crippen LogP contribution >= 0.6 is 0 Å². The second-order valence-electron chi connectivity index (χ2n) is 7.31. The molecule has 0 bridgehead atoms. The molecule has 0 atom stereocenters. The third-order valence-electron chi connectivity index (χ3n) is 4.79. The molecule has 0 aliphatic heterocycles. The van der Waals surface area contributed by atoms with Gasteiger partial charge in [-0.05, 0) is 61.9 Å². The molecule has 174 valence electrons. The van der Waals surface area contributed by atoms with Gasteiger partial charge in [0.15, 0.2) is 18.1 Å². The Labute approximate surface area is 193 Å². The van der Waals surface area contributed by atoms with Crippen LogP contribution in [0, 0.1) is 13.8 Å². The fraction of sp³-hybridized carbons (Fsp3) is 0.208. The predicted molar refractivity (Wildman–Crippen MR) is 127 cm³/mol. The number of hydrogen-bond donors (Lipinski definition) is 2. The summed E-state index contributed by atoms with van der Waals surface area (Å²) in [6.07, 6.45) is 0. The molecule has 0 unspecified atom stereocenters. The second kappa shape index (κ2) is 10.3. The first-order valence-corrected chi connectivity index (χ1v) is 11.5. The maximum Gasteiger partial charge on any atom is 0.262 e. The van der Waals surface area contributed by atoms with Gasteiger partial charge < -0.3 is 19.5 Å². The molecule has 0 heterocycles. The number of aryl methyl sites for hydroxylation is 2. The van der Waals surface area contributed by atoms with Gasteiger partial charge in [-0.25, -0.2) is 8.42 Å². The summed E-state index contributed by atoms with van der Waals surface area (Å²) in [5, 5.41) is 2.72. The van der Waals surface area contributed by atoms with Crippen molar-refractivity contribution in [2.75, 3.05) is 30.9 Å². The summed E-state index contributed by atoms with van der Waals surface area (Å²) in [5.41, 5.74) is 2.62. The van der Waals surface area contributed by atoms with Crippen LogP contribution in [0.15, 0.2) is 65.6 Å². The summed E-state index contributed by atoms with van der Waals surface area (Å²) in [7, 11) is -0.718. The maximum absolute atomic E-state index is 12.7. The van der Waals surface area contributed by atoms with Crippen LogP contribution in [0.4, 0.5) is 11.4 Å². The number of carbonyl (C=O) groups is 1. The van der Waals surface area contributed by atoms with E-state index in [4.69, 9.17) is 14.2 Å². The molecule has 0 saturated heterocycles. The maximum atomic E-state index is 12.7. The molecule has 0 saturated carbocycles. The molecule has 33 heavy (non-hydrogen) atoms. The molecule has 1 amide bonds. The molecule has 0 aromatic heterocycles. The third-order valence-corrected chi connectivity index (χ3v) is 6.17. The number of sulfonamides is 1. The van der Waals surface area contributed by atoms with E-state index in [1.54, 1.807) is 37.3 Å². The number of anilines is 2. The number of hydrogen-bond acceptors (Lipinski definition) is 6. The van der Waals surface area contributed by atoms with E-state index in [1.807, 2.05) is 19.1 Å². The van der Waals surface area contributed by atoms with Gasteiger partial charge in [-0.1, -0.05) is 17.7 Å². The Morgan fingerprint density at radius 3 is 2.09 bits per heavy atom. The monoisotopic (exact) mass is 470 g/mol. The molecule has 0 fully saturated rings. The first kappa shape index (κ1) is 23.9. The highest BCUT2D eigenvalue weighted by atomic mass is 32.2. The fourth-order valence-corrected chi connectivity index (χ4v) is 4.18.